The number of rotatable bonds is 2. The molecule has 82 valence electrons. The molecule has 1 aliphatic rings. The smallest absolute Gasteiger partial charge is 0.0328 e. The fourth-order valence-electron chi connectivity index (χ4n) is 2.91. The first kappa shape index (κ1) is 10.7. The molecular weight excluding hydrogens is 182 g/mol. The van der Waals surface area contributed by atoms with Crippen LogP contribution in [0.4, 0.5) is 0 Å². The second kappa shape index (κ2) is 4.36. The molecule has 1 fully saturated rings. The third kappa shape index (κ3) is 2.07. The monoisotopic (exact) mass is 203 g/mol. The fourth-order valence-corrected chi connectivity index (χ4v) is 2.91. The van der Waals surface area contributed by atoms with E-state index in [2.05, 4.69) is 32.0 Å². The van der Waals surface area contributed by atoms with Gasteiger partial charge in [0.05, 0.1) is 0 Å². The summed E-state index contributed by atoms with van der Waals surface area (Å²) in [6.07, 6.45) is 5.36. The molecule has 0 aromatic heterocycles. The molecule has 0 radical (unpaired) electrons. The van der Waals surface area contributed by atoms with Crippen molar-refractivity contribution in [1.82, 2.24) is 0 Å². The molecule has 1 atom stereocenters. The molecule has 1 aromatic carbocycles. The molecule has 0 saturated heterocycles. The zero-order chi connectivity index (χ0) is 10.8. The normalized spacial score (nSPS) is 19.4. The van der Waals surface area contributed by atoms with Crippen LogP contribution in [0.1, 0.15) is 48.4 Å². The van der Waals surface area contributed by atoms with Crippen LogP contribution in [0.3, 0.4) is 0 Å². The Kier molecular flexibility index (Phi) is 3.11. The minimum atomic E-state index is 0.258. The summed E-state index contributed by atoms with van der Waals surface area (Å²) >= 11 is 0. The van der Waals surface area contributed by atoms with Gasteiger partial charge in [-0.05, 0) is 49.3 Å². The number of hydrogen-bond donors (Lipinski definition) is 1. The van der Waals surface area contributed by atoms with E-state index in [1.54, 1.807) is 0 Å². The Hall–Kier alpha value is -0.820. The van der Waals surface area contributed by atoms with Crippen LogP contribution >= 0.6 is 0 Å². The Morgan fingerprint density at radius 2 is 1.67 bits per heavy atom. The van der Waals surface area contributed by atoms with Crippen molar-refractivity contribution in [3.05, 3.63) is 34.9 Å². The van der Waals surface area contributed by atoms with Crippen LogP contribution in [-0.4, -0.2) is 0 Å². The second-order valence-electron chi connectivity index (χ2n) is 4.88. The van der Waals surface area contributed by atoms with Gasteiger partial charge in [0.1, 0.15) is 0 Å². The molecule has 0 amide bonds. The van der Waals surface area contributed by atoms with Gasteiger partial charge in [0.2, 0.25) is 0 Å². The molecule has 0 bridgehead atoms. The number of aryl methyl sites for hydroxylation is 2. The van der Waals surface area contributed by atoms with Gasteiger partial charge in [0.15, 0.2) is 0 Å². The number of benzene rings is 1. The van der Waals surface area contributed by atoms with Crippen molar-refractivity contribution in [1.29, 1.82) is 0 Å². The Labute approximate surface area is 92.7 Å². The molecule has 0 unspecified atom stereocenters. The van der Waals surface area contributed by atoms with E-state index in [9.17, 15) is 0 Å². The minimum Gasteiger partial charge on any atom is -0.324 e. The SMILES string of the molecule is Cc1cccc(C)c1[C@H](N)C1CCCC1. The van der Waals surface area contributed by atoms with Gasteiger partial charge in [-0.3, -0.25) is 0 Å². The Balaban J connectivity index is 2.27. The lowest BCUT2D eigenvalue weighted by atomic mass is 9.87. The summed E-state index contributed by atoms with van der Waals surface area (Å²) in [4.78, 5) is 0. The lowest BCUT2D eigenvalue weighted by Crippen LogP contribution is -2.21. The molecule has 1 aromatic rings. The standard InChI is InChI=1S/C14H21N/c1-10-6-5-7-11(2)13(10)14(15)12-8-3-4-9-12/h5-7,12,14H,3-4,8-9,15H2,1-2H3/t14-/m1/s1. The summed E-state index contributed by atoms with van der Waals surface area (Å²) in [5, 5.41) is 0. The Morgan fingerprint density at radius 3 is 2.20 bits per heavy atom. The van der Waals surface area contributed by atoms with Crippen LogP contribution in [0, 0.1) is 19.8 Å². The van der Waals surface area contributed by atoms with Crippen molar-refractivity contribution in [3.63, 3.8) is 0 Å². The summed E-state index contributed by atoms with van der Waals surface area (Å²) in [7, 11) is 0. The van der Waals surface area contributed by atoms with Crippen LogP contribution in [0.5, 0.6) is 0 Å². The molecule has 1 saturated carbocycles. The highest BCUT2D eigenvalue weighted by Crippen LogP contribution is 2.36. The average molecular weight is 203 g/mol. The maximum atomic E-state index is 6.40. The van der Waals surface area contributed by atoms with Crippen molar-refractivity contribution in [3.8, 4) is 0 Å². The van der Waals surface area contributed by atoms with E-state index in [4.69, 9.17) is 5.73 Å². The quantitative estimate of drug-likeness (QED) is 0.782. The summed E-state index contributed by atoms with van der Waals surface area (Å²) in [6.45, 7) is 4.36. The first-order valence-electron chi connectivity index (χ1n) is 6.02. The number of nitrogens with two attached hydrogens (primary N) is 1. The third-order valence-corrected chi connectivity index (χ3v) is 3.78. The highest BCUT2D eigenvalue weighted by molar-refractivity contribution is 5.36. The highest BCUT2D eigenvalue weighted by atomic mass is 14.7. The van der Waals surface area contributed by atoms with E-state index in [0.717, 1.165) is 0 Å². The first-order chi connectivity index (χ1) is 7.20. The maximum absolute atomic E-state index is 6.40. The summed E-state index contributed by atoms with van der Waals surface area (Å²) in [6, 6.07) is 6.73. The van der Waals surface area contributed by atoms with E-state index >= 15 is 0 Å². The van der Waals surface area contributed by atoms with E-state index in [1.807, 2.05) is 0 Å². The lowest BCUT2D eigenvalue weighted by Gasteiger charge is -2.23. The number of hydrogen-bond acceptors (Lipinski definition) is 1. The summed E-state index contributed by atoms with van der Waals surface area (Å²) in [5.41, 5.74) is 10.5. The van der Waals surface area contributed by atoms with Crippen molar-refractivity contribution in [2.45, 2.75) is 45.6 Å². The highest BCUT2D eigenvalue weighted by Gasteiger charge is 2.24. The van der Waals surface area contributed by atoms with Crippen LogP contribution in [-0.2, 0) is 0 Å². The predicted octanol–water partition coefficient (Wildman–Crippen LogP) is 3.49. The van der Waals surface area contributed by atoms with E-state index in [1.165, 1.54) is 42.4 Å². The Bertz CT molecular complexity index is 317. The van der Waals surface area contributed by atoms with E-state index < -0.39 is 0 Å². The molecule has 1 nitrogen and oxygen atoms in total. The van der Waals surface area contributed by atoms with Gasteiger partial charge in [-0.1, -0.05) is 31.0 Å². The molecule has 0 aliphatic heterocycles. The lowest BCUT2D eigenvalue weighted by molar-refractivity contribution is 0.442. The molecule has 15 heavy (non-hydrogen) atoms. The van der Waals surface area contributed by atoms with Gasteiger partial charge in [0, 0.05) is 6.04 Å². The van der Waals surface area contributed by atoms with Crippen molar-refractivity contribution < 1.29 is 0 Å². The van der Waals surface area contributed by atoms with Gasteiger partial charge >= 0.3 is 0 Å². The first-order valence-corrected chi connectivity index (χ1v) is 6.02. The van der Waals surface area contributed by atoms with Crippen LogP contribution in [0.25, 0.3) is 0 Å². The molecular formula is C14H21N. The predicted molar refractivity (Wildman–Crippen MR) is 64.8 cm³/mol. The molecule has 2 rings (SSSR count). The van der Waals surface area contributed by atoms with Gasteiger partial charge in [-0.25, -0.2) is 0 Å². The largest absolute Gasteiger partial charge is 0.324 e. The molecule has 0 spiro atoms. The minimum absolute atomic E-state index is 0.258. The van der Waals surface area contributed by atoms with Crippen LogP contribution in [0.2, 0.25) is 0 Å². The zero-order valence-corrected chi connectivity index (χ0v) is 9.79. The van der Waals surface area contributed by atoms with Crippen LogP contribution < -0.4 is 5.73 Å². The Morgan fingerprint density at radius 1 is 1.13 bits per heavy atom. The van der Waals surface area contributed by atoms with Gasteiger partial charge in [-0.15, -0.1) is 0 Å². The summed E-state index contributed by atoms with van der Waals surface area (Å²) < 4.78 is 0. The third-order valence-electron chi connectivity index (χ3n) is 3.78. The van der Waals surface area contributed by atoms with E-state index in [-0.39, 0.29) is 6.04 Å². The fraction of sp³-hybridized carbons (Fsp3) is 0.571. The van der Waals surface area contributed by atoms with Gasteiger partial charge < -0.3 is 5.73 Å². The van der Waals surface area contributed by atoms with Gasteiger partial charge in [-0.2, -0.15) is 0 Å². The zero-order valence-electron chi connectivity index (χ0n) is 9.79. The average Bonchev–Trinajstić information content (AvgIpc) is 2.69. The van der Waals surface area contributed by atoms with Gasteiger partial charge in [0.25, 0.3) is 0 Å². The molecule has 1 aliphatic carbocycles. The van der Waals surface area contributed by atoms with Crippen molar-refractivity contribution in [2.75, 3.05) is 0 Å². The van der Waals surface area contributed by atoms with Crippen molar-refractivity contribution in [2.24, 2.45) is 11.7 Å². The molecule has 0 heterocycles. The van der Waals surface area contributed by atoms with Crippen LogP contribution in [0.15, 0.2) is 18.2 Å². The topological polar surface area (TPSA) is 26.0 Å². The second-order valence-corrected chi connectivity index (χ2v) is 4.88. The summed E-state index contributed by atoms with van der Waals surface area (Å²) in [5.74, 6) is 0.713. The molecule has 2 N–H and O–H groups in total. The molecule has 1 heteroatoms. The van der Waals surface area contributed by atoms with E-state index in [0.29, 0.717) is 5.92 Å². The van der Waals surface area contributed by atoms with Crippen molar-refractivity contribution >= 4 is 0 Å². The maximum Gasteiger partial charge on any atom is 0.0328 e.